The fraction of sp³-hybridized carbons (Fsp3) is 0.389. The number of pyridine rings is 1. The Labute approximate surface area is 130 Å². The minimum absolute atomic E-state index is 0.541. The number of fused-ring (bicyclic) bond motifs is 1. The maximum atomic E-state index is 5.26. The van der Waals surface area contributed by atoms with Crippen LogP contribution in [0.4, 0.5) is 5.82 Å². The van der Waals surface area contributed by atoms with Gasteiger partial charge in [0.25, 0.3) is 0 Å². The van der Waals surface area contributed by atoms with Crippen molar-refractivity contribution in [3.63, 3.8) is 0 Å². The molecular weight excluding hydrogens is 274 g/mol. The molecule has 0 spiro atoms. The van der Waals surface area contributed by atoms with Gasteiger partial charge in [-0.3, -0.25) is 4.40 Å². The molecule has 4 rings (SSSR count). The Balaban J connectivity index is 1.82. The zero-order valence-corrected chi connectivity index (χ0v) is 12.9. The van der Waals surface area contributed by atoms with Crippen molar-refractivity contribution in [2.45, 2.75) is 45.1 Å². The second-order valence-corrected chi connectivity index (χ2v) is 6.19. The van der Waals surface area contributed by atoms with Gasteiger partial charge in [-0.15, -0.1) is 0 Å². The smallest absolute Gasteiger partial charge is 0.142 e. The van der Waals surface area contributed by atoms with Crippen molar-refractivity contribution in [1.82, 2.24) is 9.38 Å². The molecule has 1 saturated carbocycles. The molecule has 4 heteroatoms. The monoisotopic (exact) mass is 295 g/mol. The van der Waals surface area contributed by atoms with Gasteiger partial charge in [0.05, 0.1) is 12.5 Å². The second-order valence-electron chi connectivity index (χ2n) is 6.19. The number of anilines is 1. The number of rotatable bonds is 3. The van der Waals surface area contributed by atoms with Crippen LogP contribution in [0.15, 0.2) is 41.3 Å². The Morgan fingerprint density at radius 1 is 1.23 bits per heavy atom. The molecule has 1 aliphatic carbocycles. The van der Waals surface area contributed by atoms with Crippen LogP contribution in [-0.2, 0) is 0 Å². The van der Waals surface area contributed by atoms with Crippen molar-refractivity contribution < 1.29 is 4.42 Å². The number of aryl methyl sites for hydroxylation is 1. The lowest BCUT2D eigenvalue weighted by molar-refractivity contribution is 0.461. The minimum Gasteiger partial charge on any atom is -0.472 e. The summed E-state index contributed by atoms with van der Waals surface area (Å²) in [6.45, 7) is 2.10. The predicted octanol–water partition coefficient (Wildman–Crippen LogP) is 4.65. The summed E-state index contributed by atoms with van der Waals surface area (Å²) in [4.78, 5) is 4.86. The molecule has 0 amide bonds. The van der Waals surface area contributed by atoms with Gasteiger partial charge >= 0.3 is 0 Å². The highest BCUT2D eigenvalue weighted by molar-refractivity contribution is 5.77. The van der Waals surface area contributed by atoms with E-state index in [2.05, 4.69) is 35.0 Å². The van der Waals surface area contributed by atoms with Crippen molar-refractivity contribution in [3.05, 3.63) is 42.5 Å². The van der Waals surface area contributed by atoms with Gasteiger partial charge in [0.1, 0.15) is 17.2 Å². The molecule has 3 aromatic rings. The Morgan fingerprint density at radius 3 is 2.86 bits per heavy atom. The summed E-state index contributed by atoms with van der Waals surface area (Å²) in [7, 11) is 0. The molecule has 22 heavy (non-hydrogen) atoms. The van der Waals surface area contributed by atoms with Crippen molar-refractivity contribution in [2.75, 3.05) is 5.32 Å². The SMILES string of the molecule is Cc1cccn2c(NC3CCCCC3)c(-c3ccoc3)nc12. The van der Waals surface area contributed by atoms with Crippen LogP contribution in [0.3, 0.4) is 0 Å². The van der Waals surface area contributed by atoms with E-state index in [1.54, 1.807) is 12.5 Å². The zero-order valence-electron chi connectivity index (χ0n) is 12.9. The second kappa shape index (κ2) is 5.52. The van der Waals surface area contributed by atoms with Crippen molar-refractivity contribution in [2.24, 2.45) is 0 Å². The number of aromatic nitrogens is 2. The average molecular weight is 295 g/mol. The molecule has 1 fully saturated rings. The Kier molecular flexibility index (Phi) is 3.37. The highest BCUT2D eigenvalue weighted by Crippen LogP contribution is 2.32. The Bertz CT molecular complexity index is 767. The van der Waals surface area contributed by atoms with Crippen LogP contribution >= 0.6 is 0 Å². The van der Waals surface area contributed by atoms with Crippen LogP contribution in [0.1, 0.15) is 37.7 Å². The number of nitrogens with zero attached hydrogens (tertiary/aromatic N) is 2. The lowest BCUT2D eigenvalue weighted by Crippen LogP contribution is -2.23. The maximum absolute atomic E-state index is 5.26. The molecular formula is C18H21N3O. The third-order valence-electron chi connectivity index (χ3n) is 4.59. The summed E-state index contributed by atoms with van der Waals surface area (Å²) in [6, 6.07) is 6.70. The van der Waals surface area contributed by atoms with Crippen molar-refractivity contribution in [3.8, 4) is 11.3 Å². The zero-order chi connectivity index (χ0) is 14.9. The number of furan rings is 1. The van der Waals surface area contributed by atoms with Crippen LogP contribution in [0, 0.1) is 6.92 Å². The maximum Gasteiger partial charge on any atom is 0.142 e. The van der Waals surface area contributed by atoms with Crippen molar-refractivity contribution >= 4 is 11.5 Å². The number of hydrogen-bond donors (Lipinski definition) is 1. The predicted molar refractivity (Wildman–Crippen MR) is 88.1 cm³/mol. The molecule has 0 saturated heterocycles. The van der Waals surface area contributed by atoms with Gasteiger partial charge in [-0.25, -0.2) is 4.98 Å². The average Bonchev–Trinajstić information content (AvgIpc) is 3.17. The first-order valence-electron chi connectivity index (χ1n) is 8.10. The van der Waals surface area contributed by atoms with E-state index in [-0.39, 0.29) is 0 Å². The summed E-state index contributed by atoms with van der Waals surface area (Å²) in [5.41, 5.74) is 4.20. The highest BCUT2D eigenvalue weighted by Gasteiger charge is 2.20. The van der Waals surface area contributed by atoms with Crippen LogP contribution in [-0.4, -0.2) is 15.4 Å². The van der Waals surface area contributed by atoms with Gasteiger partial charge in [0.2, 0.25) is 0 Å². The van der Waals surface area contributed by atoms with E-state index in [1.807, 2.05) is 6.07 Å². The molecule has 0 atom stereocenters. The molecule has 0 aliphatic heterocycles. The van der Waals surface area contributed by atoms with E-state index in [0.29, 0.717) is 6.04 Å². The molecule has 4 nitrogen and oxygen atoms in total. The Hall–Kier alpha value is -2.23. The van der Waals surface area contributed by atoms with E-state index >= 15 is 0 Å². The van der Waals surface area contributed by atoms with E-state index in [0.717, 1.165) is 22.7 Å². The summed E-state index contributed by atoms with van der Waals surface area (Å²) in [5, 5.41) is 3.75. The molecule has 3 heterocycles. The van der Waals surface area contributed by atoms with E-state index < -0.39 is 0 Å². The molecule has 0 bridgehead atoms. The molecule has 3 aromatic heterocycles. The summed E-state index contributed by atoms with van der Waals surface area (Å²) >= 11 is 0. The number of imidazole rings is 1. The standard InChI is InChI=1S/C18H21N3O/c1-13-6-5-10-21-17(13)20-16(14-9-11-22-12-14)18(21)19-15-7-3-2-4-8-15/h5-6,9-12,15,19H,2-4,7-8H2,1H3. The third-order valence-corrected chi connectivity index (χ3v) is 4.59. The fourth-order valence-electron chi connectivity index (χ4n) is 3.38. The largest absolute Gasteiger partial charge is 0.472 e. The van der Waals surface area contributed by atoms with Gasteiger partial charge in [-0.2, -0.15) is 0 Å². The lowest BCUT2D eigenvalue weighted by Gasteiger charge is -2.24. The molecule has 0 unspecified atom stereocenters. The highest BCUT2D eigenvalue weighted by atomic mass is 16.3. The summed E-state index contributed by atoms with van der Waals surface area (Å²) < 4.78 is 7.44. The van der Waals surface area contributed by atoms with Gasteiger partial charge < -0.3 is 9.73 Å². The minimum atomic E-state index is 0.541. The fourth-order valence-corrected chi connectivity index (χ4v) is 3.38. The van der Waals surface area contributed by atoms with Crippen LogP contribution < -0.4 is 5.32 Å². The normalized spacial score (nSPS) is 16.2. The van der Waals surface area contributed by atoms with Crippen LogP contribution in [0.25, 0.3) is 16.9 Å². The van der Waals surface area contributed by atoms with Gasteiger partial charge in [-0.1, -0.05) is 25.3 Å². The molecule has 114 valence electrons. The first-order valence-corrected chi connectivity index (χ1v) is 8.10. The lowest BCUT2D eigenvalue weighted by atomic mass is 9.95. The molecule has 1 aliphatic rings. The third kappa shape index (κ3) is 2.28. The molecule has 0 radical (unpaired) electrons. The van der Waals surface area contributed by atoms with Gasteiger partial charge in [0.15, 0.2) is 0 Å². The quantitative estimate of drug-likeness (QED) is 0.765. The first-order chi connectivity index (χ1) is 10.8. The Morgan fingerprint density at radius 2 is 2.09 bits per heavy atom. The first kappa shape index (κ1) is 13.4. The molecule has 1 N–H and O–H groups in total. The number of hydrogen-bond acceptors (Lipinski definition) is 3. The van der Waals surface area contributed by atoms with Crippen molar-refractivity contribution in [1.29, 1.82) is 0 Å². The van der Waals surface area contributed by atoms with Crippen LogP contribution in [0.5, 0.6) is 0 Å². The van der Waals surface area contributed by atoms with E-state index in [1.165, 1.54) is 37.7 Å². The van der Waals surface area contributed by atoms with Crippen LogP contribution in [0.2, 0.25) is 0 Å². The van der Waals surface area contributed by atoms with Gasteiger partial charge in [-0.05, 0) is 37.5 Å². The van der Waals surface area contributed by atoms with E-state index in [9.17, 15) is 0 Å². The summed E-state index contributed by atoms with van der Waals surface area (Å²) in [5.74, 6) is 1.09. The summed E-state index contributed by atoms with van der Waals surface area (Å²) in [6.07, 6.45) is 12.0. The van der Waals surface area contributed by atoms with Gasteiger partial charge in [0, 0.05) is 17.8 Å². The molecule has 0 aromatic carbocycles. The van der Waals surface area contributed by atoms with E-state index in [4.69, 9.17) is 9.40 Å². The topological polar surface area (TPSA) is 42.5 Å². The number of nitrogens with one attached hydrogen (secondary N) is 1.